The van der Waals surface area contributed by atoms with Gasteiger partial charge in [0, 0.05) is 25.8 Å². The number of hydrogen-bond donors (Lipinski definition) is 0. The highest BCUT2D eigenvalue weighted by Gasteiger charge is 2.25. The molecule has 0 atom stereocenters. The third kappa shape index (κ3) is 3.93. The lowest BCUT2D eigenvalue weighted by molar-refractivity contribution is 0.0511. The SMILES string of the molecule is COCOc1ccc(Oc2cc(-c3c(Cl)n4n(c3=O)CCCC4)c(F)cc2Cl)cc1. The van der Waals surface area contributed by atoms with Gasteiger partial charge in [-0.15, -0.1) is 0 Å². The Hall–Kier alpha value is -2.48. The molecule has 2 heterocycles. The Balaban J connectivity index is 1.69. The van der Waals surface area contributed by atoms with Crippen LogP contribution in [0.5, 0.6) is 17.2 Å². The van der Waals surface area contributed by atoms with Crippen LogP contribution in [0.3, 0.4) is 0 Å². The lowest BCUT2D eigenvalue weighted by Gasteiger charge is -2.17. The van der Waals surface area contributed by atoms with E-state index in [1.165, 1.54) is 13.2 Å². The molecule has 0 radical (unpaired) electrons. The summed E-state index contributed by atoms with van der Waals surface area (Å²) in [4.78, 5) is 12.9. The van der Waals surface area contributed by atoms with Crippen molar-refractivity contribution >= 4 is 23.2 Å². The largest absolute Gasteiger partial charge is 0.468 e. The van der Waals surface area contributed by atoms with Gasteiger partial charge in [-0.3, -0.25) is 9.48 Å². The van der Waals surface area contributed by atoms with E-state index in [4.69, 9.17) is 37.4 Å². The van der Waals surface area contributed by atoms with Gasteiger partial charge in [-0.05, 0) is 49.2 Å². The molecule has 1 aliphatic rings. The minimum absolute atomic E-state index is 0.0545. The minimum atomic E-state index is -0.641. The number of methoxy groups -OCH3 is 1. The van der Waals surface area contributed by atoms with E-state index in [2.05, 4.69) is 0 Å². The molecule has 0 spiro atoms. The van der Waals surface area contributed by atoms with Crippen molar-refractivity contribution in [3.63, 3.8) is 0 Å². The second-order valence-corrected chi connectivity index (χ2v) is 7.58. The number of nitrogens with zero attached hydrogens (tertiary/aromatic N) is 2. The van der Waals surface area contributed by atoms with Crippen LogP contribution in [0.2, 0.25) is 10.2 Å². The Bertz CT molecular complexity index is 1130. The van der Waals surface area contributed by atoms with Crippen LogP contribution in [0.1, 0.15) is 12.8 Å². The van der Waals surface area contributed by atoms with Crippen molar-refractivity contribution in [1.29, 1.82) is 0 Å². The average Bonchev–Trinajstić information content (AvgIpc) is 3.00. The normalized spacial score (nSPS) is 13.2. The molecule has 0 saturated heterocycles. The van der Waals surface area contributed by atoms with Crippen LogP contribution in [0.4, 0.5) is 4.39 Å². The summed E-state index contributed by atoms with van der Waals surface area (Å²) in [6, 6.07) is 9.31. The minimum Gasteiger partial charge on any atom is -0.468 e. The second kappa shape index (κ2) is 8.71. The molecule has 1 aromatic heterocycles. The van der Waals surface area contributed by atoms with Crippen LogP contribution in [0, 0.1) is 5.82 Å². The van der Waals surface area contributed by atoms with Crippen molar-refractivity contribution in [2.75, 3.05) is 13.9 Å². The topological polar surface area (TPSA) is 54.6 Å². The number of aromatic nitrogens is 2. The van der Waals surface area contributed by atoms with Gasteiger partial charge >= 0.3 is 0 Å². The molecule has 0 saturated carbocycles. The molecular weight excluding hydrogens is 434 g/mol. The van der Waals surface area contributed by atoms with Crippen LogP contribution in [-0.4, -0.2) is 23.3 Å². The summed E-state index contributed by atoms with van der Waals surface area (Å²) >= 11 is 12.6. The van der Waals surface area contributed by atoms with E-state index in [0.717, 1.165) is 18.9 Å². The van der Waals surface area contributed by atoms with E-state index in [-0.39, 0.29) is 39.4 Å². The second-order valence-electron chi connectivity index (χ2n) is 6.81. The van der Waals surface area contributed by atoms with E-state index in [9.17, 15) is 9.18 Å². The van der Waals surface area contributed by atoms with Gasteiger partial charge in [0.05, 0.1) is 10.6 Å². The number of halogens is 3. The summed E-state index contributed by atoms with van der Waals surface area (Å²) in [5, 5.41) is 0.294. The molecule has 0 amide bonds. The zero-order valence-corrected chi connectivity index (χ0v) is 17.7. The summed E-state index contributed by atoms with van der Waals surface area (Å²) in [5.41, 5.74) is -0.161. The van der Waals surface area contributed by atoms with E-state index < -0.39 is 5.82 Å². The van der Waals surface area contributed by atoms with Crippen LogP contribution >= 0.6 is 23.2 Å². The maximum atomic E-state index is 14.8. The van der Waals surface area contributed by atoms with Gasteiger partial charge in [0.1, 0.15) is 28.2 Å². The maximum Gasteiger partial charge on any atom is 0.276 e. The van der Waals surface area contributed by atoms with Crippen molar-refractivity contribution < 1.29 is 18.6 Å². The molecule has 1 aliphatic heterocycles. The quantitative estimate of drug-likeness (QED) is 0.474. The predicted molar refractivity (Wildman–Crippen MR) is 112 cm³/mol. The summed E-state index contributed by atoms with van der Waals surface area (Å²) in [6.45, 7) is 1.30. The third-order valence-electron chi connectivity index (χ3n) is 4.85. The van der Waals surface area contributed by atoms with Crippen LogP contribution < -0.4 is 15.0 Å². The maximum absolute atomic E-state index is 14.8. The van der Waals surface area contributed by atoms with E-state index in [0.29, 0.717) is 24.6 Å². The first-order chi connectivity index (χ1) is 14.5. The fourth-order valence-corrected chi connectivity index (χ4v) is 3.96. The lowest BCUT2D eigenvalue weighted by Crippen LogP contribution is -2.27. The lowest BCUT2D eigenvalue weighted by atomic mass is 10.1. The molecule has 9 heteroatoms. The summed E-state index contributed by atoms with van der Waals surface area (Å²) < 4.78 is 34.0. The highest BCUT2D eigenvalue weighted by atomic mass is 35.5. The number of benzene rings is 2. The smallest absolute Gasteiger partial charge is 0.276 e. The van der Waals surface area contributed by atoms with Gasteiger partial charge in [-0.25, -0.2) is 9.07 Å². The monoisotopic (exact) mass is 452 g/mol. The molecule has 30 heavy (non-hydrogen) atoms. The van der Waals surface area contributed by atoms with Gasteiger partial charge in [-0.2, -0.15) is 0 Å². The fourth-order valence-electron chi connectivity index (χ4n) is 3.41. The van der Waals surface area contributed by atoms with Gasteiger partial charge in [0.15, 0.2) is 6.79 Å². The van der Waals surface area contributed by atoms with Crippen molar-refractivity contribution in [1.82, 2.24) is 9.36 Å². The standard InChI is InChI=1S/C21H19Cl2FN2O4/c1-28-12-29-13-4-6-14(7-5-13)30-18-10-15(17(24)11-16(18)22)19-20(23)25-8-2-3-9-26(25)21(19)27/h4-7,10-11H,2-3,8-9,12H2,1H3. The van der Waals surface area contributed by atoms with E-state index in [1.54, 1.807) is 33.6 Å². The highest BCUT2D eigenvalue weighted by molar-refractivity contribution is 6.33. The van der Waals surface area contributed by atoms with Gasteiger partial charge < -0.3 is 14.2 Å². The first-order valence-electron chi connectivity index (χ1n) is 9.37. The number of fused-ring (bicyclic) bond motifs is 1. The molecule has 6 nitrogen and oxygen atoms in total. The Labute approximate surface area is 182 Å². The number of rotatable bonds is 6. The van der Waals surface area contributed by atoms with Crippen LogP contribution in [-0.2, 0) is 17.8 Å². The van der Waals surface area contributed by atoms with Crippen molar-refractivity contribution in [2.24, 2.45) is 0 Å². The van der Waals surface area contributed by atoms with E-state index in [1.807, 2.05) is 0 Å². The van der Waals surface area contributed by atoms with Gasteiger partial charge in [0.2, 0.25) is 0 Å². The van der Waals surface area contributed by atoms with Crippen LogP contribution in [0.15, 0.2) is 41.2 Å². The predicted octanol–water partition coefficient (Wildman–Crippen LogP) is 5.33. The molecule has 0 bridgehead atoms. The van der Waals surface area contributed by atoms with Gasteiger partial charge in [-0.1, -0.05) is 23.2 Å². The Kier molecular flexibility index (Phi) is 6.04. The zero-order valence-electron chi connectivity index (χ0n) is 16.2. The highest BCUT2D eigenvalue weighted by Crippen LogP contribution is 2.37. The van der Waals surface area contributed by atoms with E-state index >= 15 is 0 Å². The summed E-state index contributed by atoms with van der Waals surface area (Å²) in [7, 11) is 1.53. The number of hydrogen-bond acceptors (Lipinski definition) is 4. The molecule has 0 aliphatic carbocycles. The molecule has 158 valence electrons. The van der Waals surface area contributed by atoms with Crippen molar-refractivity contribution in [3.05, 3.63) is 62.7 Å². The Morgan fingerprint density at radius 2 is 1.70 bits per heavy atom. The Morgan fingerprint density at radius 3 is 2.37 bits per heavy atom. The van der Waals surface area contributed by atoms with Gasteiger partial charge in [0.25, 0.3) is 5.56 Å². The van der Waals surface area contributed by atoms with Crippen molar-refractivity contribution in [3.8, 4) is 28.4 Å². The number of ether oxygens (including phenoxy) is 3. The average molecular weight is 453 g/mol. The molecular formula is C21H19Cl2FN2O4. The molecule has 4 rings (SSSR count). The summed E-state index contributed by atoms with van der Waals surface area (Å²) in [5.74, 6) is 0.647. The third-order valence-corrected chi connectivity index (χ3v) is 5.53. The first kappa shape index (κ1) is 20.8. The van der Waals surface area contributed by atoms with Crippen molar-refractivity contribution in [2.45, 2.75) is 25.9 Å². The molecule has 3 aromatic rings. The molecule has 0 N–H and O–H groups in total. The molecule has 2 aromatic carbocycles. The summed E-state index contributed by atoms with van der Waals surface area (Å²) in [6.07, 6.45) is 1.79. The Morgan fingerprint density at radius 1 is 1.03 bits per heavy atom. The van der Waals surface area contributed by atoms with Crippen LogP contribution in [0.25, 0.3) is 11.1 Å². The fraction of sp³-hybridized carbons (Fsp3) is 0.286. The zero-order chi connectivity index (χ0) is 21.3. The molecule has 0 unspecified atom stereocenters. The first-order valence-corrected chi connectivity index (χ1v) is 10.1. The molecule has 0 fully saturated rings.